The molecule has 136 valence electrons. The zero-order valence-corrected chi connectivity index (χ0v) is 15.1. The van der Waals surface area contributed by atoms with E-state index in [0.29, 0.717) is 12.3 Å². The van der Waals surface area contributed by atoms with E-state index >= 15 is 0 Å². The van der Waals surface area contributed by atoms with Crippen LogP contribution >= 0.6 is 0 Å². The summed E-state index contributed by atoms with van der Waals surface area (Å²) in [7, 11) is -2.20. The van der Waals surface area contributed by atoms with Gasteiger partial charge in [0.1, 0.15) is 16.3 Å². The molecular formula is C16H21N3O5S. The molecule has 0 saturated heterocycles. The first kappa shape index (κ1) is 18.9. The number of hydrogen-bond acceptors (Lipinski definition) is 6. The number of amides is 1. The Morgan fingerprint density at radius 3 is 2.64 bits per heavy atom. The van der Waals surface area contributed by atoms with Gasteiger partial charge in [-0.15, -0.1) is 0 Å². The topological polar surface area (TPSA) is 111 Å². The number of aryl methyl sites for hydroxylation is 2. The molecule has 2 N–H and O–H groups in total. The molecule has 0 bridgehead atoms. The third-order valence-electron chi connectivity index (χ3n) is 3.55. The van der Waals surface area contributed by atoms with Crippen LogP contribution in [0.4, 0.5) is 0 Å². The molecule has 25 heavy (non-hydrogen) atoms. The quantitative estimate of drug-likeness (QED) is 0.727. The lowest BCUT2D eigenvalue weighted by Crippen LogP contribution is -2.31. The van der Waals surface area contributed by atoms with E-state index in [9.17, 15) is 13.2 Å². The first-order valence-electron chi connectivity index (χ1n) is 7.66. The van der Waals surface area contributed by atoms with Gasteiger partial charge in [-0.3, -0.25) is 4.79 Å². The maximum absolute atomic E-state index is 12.2. The van der Waals surface area contributed by atoms with Crippen LogP contribution in [0.15, 0.2) is 33.7 Å². The lowest BCUT2D eigenvalue weighted by Gasteiger charge is -2.10. The summed E-state index contributed by atoms with van der Waals surface area (Å²) in [5.41, 5.74) is 1.13. The molecule has 0 unspecified atom stereocenters. The molecule has 0 aliphatic carbocycles. The van der Waals surface area contributed by atoms with Gasteiger partial charge in [0, 0.05) is 25.1 Å². The SMILES string of the molecule is COc1ccccc1CNC(=O)CCNS(=O)(=O)c1c(C)noc1C. The van der Waals surface area contributed by atoms with Gasteiger partial charge in [0.25, 0.3) is 0 Å². The Bertz CT molecular complexity index is 826. The van der Waals surface area contributed by atoms with Crippen LogP contribution in [0.3, 0.4) is 0 Å². The zero-order valence-electron chi connectivity index (χ0n) is 14.3. The number of aromatic nitrogens is 1. The Morgan fingerprint density at radius 2 is 2.00 bits per heavy atom. The molecule has 2 rings (SSSR count). The van der Waals surface area contributed by atoms with Gasteiger partial charge in [0.15, 0.2) is 5.76 Å². The number of methoxy groups -OCH3 is 1. The number of carbonyl (C=O) groups excluding carboxylic acids is 1. The first-order valence-corrected chi connectivity index (χ1v) is 9.14. The number of carbonyl (C=O) groups is 1. The number of ether oxygens (including phenoxy) is 1. The van der Waals surface area contributed by atoms with Gasteiger partial charge < -0.3 is 14.6 Å². The maximum Gasteiger partial charge on any atom is 0.245 e. The molecule has 1 heterocycles. The molecule has 0 aliphatic rings. The van der Waals surface area contributed by atoms with Crippen molar-refractivity contribution in [3.05, 3.63) is 41.3 Å². The molecule has 2 aromatic rings. The van der Waals surface area contributed by atoms with Crippen molar-refractivity contribution in [1.82, 2.24) is 15.2 Å². The fourth-order valence-electron chi connectivity index (χ4n) is 2.36. The molecule has 9 heteroatoms. The van der Waals surface area contributed by atoms with Crippen LogP contribution in [0.2, 0.25) is 0 Å². The number of nitrogens with one attached hydrogen (secondary N) is 2. The van der Waals surface area contributed by atoms with Gasteiger partial charge in [0.2, 0.25) is 15.9 Å². The second-order valence-electron chi connectivity index (χ2n) is 5.39. The van der Waals surface area contributed by atoms with E-state index in [-0.39, 0.29) is 35.2 Å². The van der Waals surface area contributed by atoms with Crippen molar-refractivity contribution >= 4 is 15.9 Å². The smallest absolute Gasteiger partial charge is 0.245 e. The minimum absolute atomic E-state index is 0.0117. The van der Waals surface area contributed by atoms with Crippen LogP contribution in [0.1, 0.15) is 23.4 Å². The fraction of sp³-hybridized carbons (Fsp3) is 0.375. The summed E-state index contributed by atoms with van der Waals surface area (Å²) in [4.78, 5) is 11.9. The molecule has 0 fully saturated rings. The molecule has 0 radical (unpaired) electrons. The summed E-state index contributed by atoms with van der Waals surface area (Å²) in [6.07, 6.45) is 0.0117. The van der Waals surface area contributed by atoms with Crippen LogP contribution in [-0.4, -0.2) is 33.1 Å². The van der Waals surface area contributed by atoms with Crippen LogP contribution in [-0.2, 0) is 21.4 Å². The Hall–Kier alpha value is -2.39. The van der Waals surface area contributed by atoms with Gasteiger partial charge in [-0.1, -0.05) is 23.4 Å². The molecule has 0 spiro atoms. The number of benzene rings is 1. The lowest BCUT2D eigenvalue weighted by atomic mass is 10.2. The highest BCUT2D eigenvalue weighted by Crippen LogP contribution is 2.18. The first-order chi connectivity index (χ1) is 11.8. The van der Waals surface area contributed by atoms with E-state index in [1.807, 2.05) is 18.2 Å². The largest absolute Gasteiger partial charge is 0.496 e. The van der Waals surface area contributed by atoms with E-state index in [1.165, 1.54) is 6.92 Å². The normalized spacial score (nSPS) is 11.3. The third-order valence-corrected chi connectivity index (χ3v) is 5.25. The summed E-state index contributed by atoms with van der Waals surface area (Å²) in [5, 5.41) is 6.35. The molecule has 0 saturated carbocycles. The zero-order chi connectivity index (χ0) is 18.4. The Balaban J connectivity index is 1.84. The van der Waals surface area contributed by atoms with Crippen molar-refractivity contribution in [2.24, 2.45) is 0 Å². The highest BCUT2D eigenvalue weighted by atomic mass is 32.2. The average molecular weight is 367 g/mol. The van der Waals surface area contributed by atoms with E-state index in [4.69, 9.17) is 9.26 Å². The number of sulfonamides is 1. The standard InChI is InChI=1S/C16H21N3O5S/c1-11-16(12(2)24-19-11)25(21,22)18-9-8-15(20)17-10-13-6-4-5-7-14(13)23-3/h4-7,18H,8-10H2,1-3H3,(H,17,20). The van der Waals surface area contributed by atoms with E-state index in [2.05, 4.69) is 15.2 Å². The molecule has 0 aliphatic heterocycles. The highest BCUT2D eigenvalue weighted by Gasteiger charge is 2.23. The molecule has 0 atom stereocenters. The van der Waals surface area contributed by atoms with Crippen LogP contribution < -0.4 is 14.8 Å². The van der Waals surface area contributed by atoms with Crippen molar-refractivity contribution < 1.29 is 22.5 Å². The monoisotopic (exact) mass is 367 g/mol. The average Bonchev–Trinajstić information content (AvgIpc) is 2.92. The summed E-state index contributed by atoms with van der Waals surface area (Å²) >= 11 is 0. The van der Waals surface area contributed by atoms with Gasteiger partial charge >= 0.3 is 0 Å². The second-order valence-corrected chi connectivity index (χ2v) is 7.09. The Labute approximate surface area is 146 Å². The van der Waals surface area contributed by atoms with Crippen molar-refractivity contribution in [3.8, 4) is 5.75 Å². The number of nitrogens with zero attached hydrogens (tertiary/aromatic N) is 1. The summed E-state index contributed by atoms with van der Waals surface area (Å²) < 4.78 is 36.9. The summed E-state index contributed by atoms with van der Waals surface area (Å²) in [5.74, 6) is 0.625. The summed E-state index contributed by atoms with van der Waals surface area (Å²) in [6.45, 7) is 3.35. The number of rotatable bonds is 8. The van der Waals surface area contributed by atoms with Gasteiger partial charge in [-0.2, -0.15) is 0 Å². The fourth-order valence-corrected chi connectivity index (χ4v) is 3.72. The number of hydrogen-bond donors (Lipinski definition) is 2. The molecule has 8 nitrogen and oxygen atoms in total. The predicted molar refractivity (Wildman–Crippen MR) is 90.6 cm³/mol. The van der Waals surface area contributed by atoms with Gasteiger partial charge in [-0.25, -0.2) is 13.1 Å². The maximum atomic E-state index is 12.2. The summed E-state index contributed by atoms with van der Waals surface area (Å²) in [6, 6.07) is 7.34. The lowest BCUT2D eigenvalue weighted by molar-refractivity contribution is -0.121. The van der Waals surface area contributed by atoms with E-state index in [1.54, 1.807) is 20.1 Å². The molecular weight excluding hydrogens is 346 g/mol. The third kappa shape index (κ3) is 4.80. The predicted octanol–water partition coefficient (Wildman–Crippen LogP) is 1.28. The van der Waals surface area contributed by atoms with Crippen molar-refractivity contribution in [3.63, 3.8) is 0 Å². The molecule has 1 aromatic heterocycles. The minimum Gasteiger partial charge on any atom is -0.496 e. The number of para-hydroxylation sites is 1. The van der Waals surface area contributed by atoms with Gasteiger partial charge in [0.05, 0.1) is 7.11 Å². The second kappa shape index (κ2) is 8.13. The van der Waals surface area contributed by atoms with E-state index in [0.717, 1.165) is 5.56 Å². The van der Waals surface area contributed by atoms with E-state index < -0.39 is 10.0 Å². The van der Waals surface area contributed by atoms with Crippen LogP contribution in [0.5, 0.6) is 5.75 Å². The van der Waals surface area contributed by atoms with Crippen LogP contribution in [0, 0.1) is 13.8 Å². The van der Waals surface area contributed by atoms with Crippen molar-refractivity contribution in [2.45, 2.75) is 31.7 Å². The molecule has 1 amide bonds. The molecule has 1 aromatic carbocycles. The Kier molecular flexibility index (Phi) is 6.16. The van der Waals surface area contributed by atoms with Crippen molar-refractivity contribution in [1.29, 1.82) is 0 Å². The van der Waals surface area contributed by atoms with Gasteiger partial charge in [-0.05, 0) is 19.9 Å². The Morgan fingerprint density at radius 1 is 1.28 bits per heavy atom. The van der Waals surface area contributed by atoms with Crippen LogP contribution in [0.25, 0.3) is 0 Å². The minimum atomic E-state index is -3.76. The highest BCUT2D eigenvalue weighted by molar-refractivity contribution is 7.89. The van der Waals surface area contributed by atoms with Crippen molar-refractivity contribution in [2.75, 3.05) is 13.7 Å².